The maximum atomic E-state index is 12.1. The summed E-state index contributed by atoms with van der Waals surface area (Å²) in [6.07, 6.45) is 0. The van der Waals surface area contributed by atoms with Crippen LogP contribution in [0.4, 0.5) is 0 Å². The van der Waals surface area contributed by atoms with Crippen molar-refractivity contribution in [2.24, 2.45) is 5.73 Å². The highest BCUT2D eigenvalue weighted by Crippen LogP contribution is 2.22. The van der Waals surface area contributed by atoms with Gasteiger partial charge < -0.3 is 5.73 Å². The molecule has 2 rings (SSSR count). The van der Waals surface area contributed by atoms with Crippen molar-refractivity contribution in [3.8, 4) is 0 Å². The minimum atomic E-state index is -3.52. The molecule has 2 aromatic rings. The highest BCUT2D eigenvalue weighted by Gasteiger charge is 2.14. The molecule has 0 aliphatic heterocycles. The zero-order valence-corrected chi connectivity index (χ0v) is 13.2. The van der Waals surface area contributed by atoms with Crippen molar-refractivity contribution < 1.29 is 8.42 Å². The Morgan fingerprint density at radius 2 is 1.80 bits per heavy atom. The van der Waals surface area contributed by atoms with Crippen LogP contribution >= 0.6 is 24.0 Å². The van der Waals surface area contributed by atoms with E-state index in [1.165, 1.54) is 0 Å². The number of rotatable bonds is 4. The molecule has 0 saturated carbocycles. The Bertz CT molecular complexity index is 703. The van der Waals surface area contributed by atoms with E-state index in [-0.39, 0.29) is 29.9 Å². The molecule has 0 bridgehead atoms. The van der Waals surface area contributed by atoms with Crippen molar-refractivity contribution in [3.63, 3.8) is 0 Å². The summed E-state index contributed by atoms with van der Waals surface area (Å²) in [5, 5.41) is 2.35. The molecule has 7 heteroatoms. The second-order valence-electron chi connectivity index (χ2n) is 4.48. The van der Waals surface area contributed by atoms with E-state index in [1.807, 2.05) is 0 Å². The largest absolute Gasteiger partial charge is 0.327 e. The first-order chi connectivity index (χ1) is 8.88. The van der Waals surface area contributed by atoms with E-state index in [0.717, 1.165) is 10.8 Å². The first-order valence-electron chi connectivity index (χ1n) is 5.83. The molecule has 0 aliphatic carbocycles. The predicted octanol–water partition coefficient (Wildman–Crippen LogP) is 2.54. The van der Waals surface area contributed by atoms with Gasteiger partial charge in [0, 0.05) is 17.6 Å². The Kier molecular flexibility index (Phi) is 5.79. The van der Waals surface area contributed by atoms with Crippen molar-refractivity contribution in [1.29, 1.82) is 0 Å². The fraction of sp³-hybridized carbons (Fsp3) is 0.231. The normalized spacial score (nSPS) is 12.9. The number of nitrogens with two attached hydrogens (primary N) is 1. The van der Waals surface area contributed by atoms with Crippen molar-refractivity contribution in [1.82, 2.24) is 4.72 Å². The molecular formula is C13H16Cl2N2O2S. The molecular weight excluding hydrogens is 319 g/mol. The van der Waals surface area contributed by atoms with Gasteiger partial charge in [0.1, 0.15) is 0 Å². The lowest BCUT2D eigenvalue weighted by atomic mass is 10.1. The fourth-order valence-corrected chi connectivity index (χ4v) is 3.05. The van der Waals surface area contributed by atoms with Crippen molar-refractivity contribution in [3.05, 3.63) is 41.4 Å². The fourth-order valence-electron chi connectivity index (χ4n) is 1.69. The second-order valence-corrected chi connectivity index (χ2v) is 6.69. The average Bonchev–Trinajstić information content (AvgIpc) is 2.36. The van der Waals surface area contributed by atoms with E-state index < -0.39 is 10.0 Å². The van der Waals surface area contributed by atoms with Crippen molar-refractivity contribution >= 4 is 44.8 Å². The third-order valence-electron chi connectivity index (χ3n) is 2.68. The topological polar surface area (TPSA) is 72.2 Å². The monoisotopic (exact) mass is 334 g/mol. The minimum absolute atomic E-state index is 0. The van der Waals surface area contributed by atoms with E-state index >= 15 is 0 Å². The molecule has 2 aromatic carbocycles. The van der Waals surface area contributed by atoms with Gasteiger partial charge >= 0.3 is 0 Å². The molecule has 0 saturated heterocycles. The molecule has 0 radical (unpaired) electrons. The quantitative estimate of drug-likeness (QED) is 0.902. The predicted molar refractivity (Wildman–Crippen MR) is 85.0 cm³/mol. The van der Waals surface area contributed by atoms with E-state index in [9.17, 15) is 8.42 Å². The highest BCUT2D eigenvalue weighted by molar-refractivity contribution is 7.89. The summed E-state index contributed by atoms with van der Waals surface area (Å²) >= 11 is 5.89. The molecule has 0 aliphatic rings. The van der Waals surface area contributed by atoms with Crippen LogP contribution in [0.3, 0.4) is 0 Å². The Hall–Kier alpha value is -0.850. The number of sulfonamides is 1. The zero-order valence-electron chi connectivity index (χ0n) is 10.8. The Balaban J connectivity index is 0.00000200. The van der Waals surface area contributed by atoms with E-state index in [0.29, 0.717) is 5.02 Å². The van der Waals surface area contributed by atoms with Gasteiger partial charge in [-0.2, -0.15) is 0 Å². The van der Waals surface area contributed by atoms with Gasteiger partial charge in [-0.25, -0.2) is 13.1 Å². The summed E-state index contributed by atoms with van der Waals surface area (Å²) in [4.78, 5) is 0.225. The van der Waals surface area contributed by atoms with E-state index in [1.54, 1.807) is 43.3 Å². The van der Waals surface area contributed by atoms with Gasteiger partial charge in [0.05, 0.1) is 4.90 Å². The van der Waals surface area contributed by atoms with Crippen molar-refractivity contribution in [2.45, 2.75) is 17.9 Å². The summed E-state index contributed by atoms with van der Waals surface area (Å²) in [7, 11) is -3.52. The standard InChI is InChI=1S/C13H15ClN2O2S.ClH/c1-9(15)8-16-19(17,18)13-5-3-10-6-12(14)4-2-11(10)7-13;/h2-7,9,16H,8,15H2,1H3;1H. The number of hydrogen-bond donors (Lipinski definition) is 2. The number of halogens is 2. The molecule has 110 valence electrons. The zero-order chi connectivity index (χ0) is 14.0. The maximum Gasteiger partial charge on any atom is 0.240 e. The maximum absolute atomic E-state index is 12.1. The highest BCUT2D eigenvalue weighted by atomic mass is 35.5. The SMILES string of the molecule is CC(N)CNS(=O)(=O)c1ccc2cc(Cl)ccc2c1.Cl. The van der Waals surface area contributed by atoms with Crippen LogP contribution in [-0.2, 0) is 10.0 Å². The molecule has 1 unspecified atom stereocenters. The Morgan fingerprint density at radius 3 is 2.45 bits per heavy atom. The summed E-state index contributed by atoms with van der Waals surface area (Å²) in [5.74, 6) is 0. The average molecular weight is 335 g/mol. The van der Waals surface area contributed by atoms with Crippen LogP contribution in [0.25, 0.3) is 10.8 Å². The third kappa shape index (κ3) is 4.07. The summed E-state index contributed by atoms with van der Waals surface area (Å²) < 4.78 is 26.6. The lowest BCUT2D eigenvalue weighted by Gasteiger charge is -2.09. The molecule has 4 nitrogen and oxygen atoms in total. The van der Waals surface area contributed by atoms with Crippen LogP contribution in [0.15, 0.2) is 41.3 Å². The minimum Gasteiger partial charge on any atom is -0.327 e. The summed E-state index contributed by atoms with van der Waals surface area (Å²) in [6.45, 7) is 1.95. The van der Waals surface area contributed by atoms with Gasteiger partial charge in [0.25, 0.3) is 0 Å². The first kappa shape index (κ1) is 17.2. The molecule has 20 heavy (non-hydrogen) atoms. The van der Waals surface area contributed by atoms with Crippen LogP contribution in [0.5, 0.6) is 0 Å². The van der Waals surface area contributed by atoms with Gasteiger partial charge in [-0.05, 0) is 42.0 Å². The van der Waals surface area contributed by atoms with Crippen LogP contribution in [0.2, 0.25) is 5.02 Å². The lowest BCUT2D eigenvalue weighted by Crippen LogP contribution is -2.35. The van der Waals surface area contributed by atoms with Crippen molar-refractivity contribution in [2.75, 3.05) is 6.54 Å². The molecule has 0 fully saturated rings. The number of hydrogen-bond acceptors (Lipinski definition) is 3. The van der Waals surface area contributed by atoms with E-state index in [2.05, 4.69) is 4.72 Å². The lowest BCUT2D eigenvalue weighted by molar-refractivity contribution is 0.574. The third-order valence-corrected chi connectivity index (χ3v) is 4.34. The van der Waals surface area contributed by atoms with Crippen LogP contribution in [-0.4, -0.2) is 21.0 Å². The molecule has 1 atom stereocenters. The Morgan fingerprint density at radius 1 is 1.20 bits per heavy atom. The molecule has 0 aromatic heterocycles. The molecule has 3 N–H and O–H groups in total. The molecule has 0 spiro atoms. The van der Waals surface area contributed by atoms with Gasteiger partial charge in [-0.1, -0.05) is 23.7 Å². The van der Waals surface area contributed by atoms with Gasteiger partial charge in [-0.15, -0.1) is 12.4 Å². The first-order valence-corrected chi connectivity index (χ1v) is 7.69. The van der Waals surface area contributed by atoms with Gasteiger partial charge in [0.2, 0.25) is 10.0 Å². The molecule has 0 heterocycles. The summed E-state index contributed by atoms with van der Waals surface area (Å²) in [6, 6.07) is 10.0. The van der Waals surface area contributed by atoms with Crippen LogP contribution < -0.4 is 10.5 Å². The number of nitrogens with one attached hydrogen (secondary N) is 1. The Labute approximate surface area is 129 Å². The number of fused-ring (bicyclic) bond motifs is 1. The van der Waals surface area contributed by atoms with E-state index in [4.69, 9.17) is 17.3 Å². The second kappa shape index (κ2) is 6.74. The summed E-state index contributed by atoms with van der Waals surface area (Å²) in [5.41, 5.74) is 5.54. The van der Waals surface area contributed by atoms with Gasteiger partial charge in [-0.3, -0.25) is 0 Å². The smallest absolute Gasteiger partial charge is 0.240 e. The van der Waals surface area contributed by atoms with Gasteiger partial charge in [0.15, 0.2) is 0 Å². The van der Waals surface area contributed by atoms with Crippen LogP contribution in [0, 0.1) is 0 Å². The number of benzene rings is 2. The molecule has 0 amide bonds. The van der Waals surface area contributed by atoms with Crippen LogP contribution in [0.1, 0.15) is 6.92 Å².